The maximum Gasteiger partial charge on any atom is 0.335 e. The molecule has 0 aliphatic carbocycles. The lowest BCUT2D eigenvalue weighted by Gasteiger charge is -2.12. The zero-order chi connectivity index (χ0) is 56.2. The number of carboxylic acids is 3. The maximum absolute atomic E-state index is 12.6. The standard InChI is InChI=1S/C50H34N10O16S2/c51-36-10-13-38(34-9-12-40(46(62)43(34)36)59-55-32-18-28(50(68)69)19-33(20-32)76-23-61)57-54-30-8-5-25(41(21-30)77(70,71)72)4-1-24-2-6-29(7-3-24)53-58-39-14-11-37(52)44-35(39)22-42(78(73,74)75)45(47(44)63)60-56-31-16-26(48(64)65)15-27(17-31)49(66)67/h1-23,62-63H,51-52H2,(H,64,65)(H,66,67)(H,68,69)(H,70,71,72)(H,73,74,75)/b4-1+,57-54?,58-53?,59-55?,60-56+. The topological polar surface area (TPSA) is 438 Å². The molecule has 78 heavy (non-hydrogen) atoms. The Balaban J connectivity index is 1.02. The minimum Gasteiger partial charge on any atom is -0.505 e. The molecule has 0 atom stereocenters. The number of carbonyl (C=O) groups is 4. The Morgan fingerprint density at radius 3 is 1.56 bits per heavy atom. The lowest BCUT2D eigenvalue weighted by molar-refractivity contribution is -0.120. The van der Waals surface area contributed by atoms with Gasteiger partial charge in [-0.25, -0.2) is 14.4 Å². The predicted octanol–water partition coefficient (Wildman–Crippen LogP) is 11.5. The molecule has 0 amide bonds. The van der Waals surface area contributed by atoms with Gasteiger partial charge in [0.05, 0.1) is 61.6 Å². The first-order chi connectivity index (χ1) is 37.0. The largest absolute Gasteiger partial charge is 0.505 e. The number of anilines is 2. The van der Waals surface area contributed by atoms with Crippen LogP contribution < -0.4 is 16.2 Å². The van der Waals surface area contributed by atoms with Gasteiger partial charge in [-0.15, -0.1) is 20.5 Å². The lowest BCUT2D eigenvalue weighted by Crippen LogP contribution is -2.01. The Hall–Kier alpha value is -10.7. The molecule has 11 N–H and O–H groups in total. The van der Waals surface area contributed by atoms with Crippen molar-refractivity contribution < 1.29 is 75.4 Å². The first-order valence-corrected chi connectivity index (χ1v) is 24.6. The average molecular weight is 1100 g/mol. The molecule has 0 spiro atoms. The number of aromatic carboxylic acids is 3. The molecule has 0 fully saturated rings. The molecule has 0 radical (unpaired) electrons. The number of hydrogen-bond donors (Lipinski definition) is 9. The molecule has 8 aromatic carbocycles. The number of benzene rings is 8. The molecule has 0 bridgehead atoms. The van der Waals surface area contributed by atoms with Gasteiger partial charge in [0, 0.05) is 28.2 Å². The lowest BCUT2D eigenvalue weighted by atomic mass is 10.0. The van der Waals surface area contributed by atoms with Gasteiger partial charge in [0.25, 0.3) is 26.7 Å². The van der Waals surface area contributed by atoms with Crippen LogP contribution in [0.15, 0.2) is 172 Å². The molecule has 0 heterocycles. The number of aromatic hydroxyl groups is 2. The van der Waals surface area contributed by atoms with Gasteiger partial charge in [0.15, 0.2) is 11.5 Å². The Bertz CT molecular complexity index is 4210. The number of phenols is 2. The summed E-state index contributed by atoms with van der Waals surface area (Å²) in [6.45, 7) is 0.109. The van der Waals surface area contributed by atoms with Crippen LogP contribution in [0.4, 0.5) is 56.9 Å². The molecule has 0 aliphatic rings. The quantitative estimate of drug-likeness (QED) is 0.0134. The maximum atomic E-state index is 12.6. The third-order valence-electron chi connectivity index (χ3n) is 11.1. The number of nitrogens with two attached hydrogens (primary N) is 2. The molecule has 8 aromatic rings. The number of phenolic OH excluding ortho intramolecular Hbond substituents is 2. The van der Waals surface area contributed by atoms with E-state index < -0.39 is 76.2 Å². The molecule has 0 unspecified atom stereocenters. The SMILES string of the molecule is Nc1ccc(N=Nc2ccc(/C=C/c3ccc(N=Nc4ccc(N)c5c(O)c(/N=N/c6cc(C(=O)O)cc(C(=O)O)c6)c(S(=O)(=O)O)cc45)cc3)c(S(=O)(=O)O)c2)c2ccc(N=Nc3cc(OC=O)cc(C(=O)O)c3)c(O)c12. The monoisotopic (exact) mass is 1090 g/mol. The van der Waals surface area contributed by atoms with Crippen molar-refractivity contribution in [1.82, 2.24) is 0 Å². The summed E-state index contributed by atoms with van der Waals surface area (Å²) in [5.41, 5.74) is 10.8. The summed E-state index contributed by atoms with van der Waals surface area (Å²) in [4.78, 5) is 44.0. The summed E-state index contributed by atoms with van der Waals surface area (Å²) in [6.07, 6.45) is 2.93. The van der Waals surface area contributed by atoms with Crippen LogP contribution in [0.25, 0.3) is 33.7 Å². The van der Waals surface area contributed by atoms with E-state index >= 15 is 0 Å². The van der Waals surface area contributed by atoms with Crippen molar-refractivity contribution in [2.24, 2.45) is 40.9 Å². The number of nitrogen functional groups attached to an aromatic ring is 2. The molecule has 8 rings (SSSR count). The molecule has 0 aromatic heterocycles. The predicted molar refractivity (Wildman–Crippen MR) is 279 cm³/mol. The Kier molecular flexibility index (Phi) is 14.9. The number of carbonyl (C=O) groups excluding carboxylic acids is 1. The van der Waals surface area contributed by atoms with Gasteiger partial charge in [0.2, 0.25) is 0 Å². The summed E-state index contributed by atoms with van der Waals surface area (Å²) in [7, 11) is -10.0. The highest BCUT2D eigenvalue weighted by Crippen LogP contribution is 2.47. The van der Waals surface area contributed by atoms with Crippen molar-refractivity contribution in [3.8, 4) is 17.2 Å². The van der Waals surface area contributed by atoms with Gasteiger partial charge in [-0.3, -0.25) is 13.9 Å². The average Bonchev–Trinajstić information content (AvgIpc) is 3.46. The zero-order valence-corrected chi connectivity index (χ0v) is 40.8. The molecule has 26 nitrogen and oxygen atoms in total. The number of hydrogen-bond acceptors (Lipinski definition) is 21. The third-order valence-corrected chi connectivity index (χ3v) is 12.9. The highest BCUT2D eigenvalue weighted by Gasteiger charge is 2.25. The van der Waals surface area contributed by atoms with E-state index in [-0.39, 0.29) is 90.7 Å². The number of azo groups is 4. The first kappa shape index (κ1) is 53.6. The summed E-state index contributed by atoms with van der Waals surface area (Å²) >= 11 is 0. The minimum absolute atomic E-state index is 0.00169. The normalized spacial score (nSPS) is 12.2. The second kappa shape index (κ2) is 21.7. The van der Waals surface area contributed by atoms with E-state index in [1.807, 2.05) is 0 Å². The number of carboxylic acid groups (broad SMARTS) is 3. The summed E-state index contributed by atoms with van der Waals surface area (Å²) in [5, 5.41) is 83.0. The molecular formula is C50H34N10O16S2. The summed E-state index contributed by atoms with van der Waals surface area (Å²) in [5.74, 6) is -5.75. The van der Waals surface area contributed by atoms with Gasteiger partial charge >= 0.3 is 17.9 Å². The van der Waals surface area contributed by atoms with Crippen LogP contribution >= 0.6 is 0 Å². The summed E-state index contributed by atoms with van der Waals surface area (Å²) in [6, 6.07) is 25.6. The van der Waals surface area contributed by atoms with E-state index in [9.17, 15) is 70.7 Å². The van der Waals surface area contributed by atoms with Gasteiger partial charge in [-0.2, -0.15) is 37.3 Å². The fourth-order valence-corrected chi connectivity index (χ4v) is 8.83. The summed E-state index contributed by atoms with van der Waals surface area (Å²) < 4.78 is 75.5. The zero-order valence-electron chi connectivity index (χ0n) is 39.1. The second-order valence-corrected chi connectivity index (χ2v) is 19.0. The molecule has 28 heteroatoms. The van der Waals surface area contributed by atoms with Crippen LogP contribution in [0.3, 0.4) is 0 Å². The van der Waals surface area contributed by atoms with Gasteiger partial charge in [0.1, 0.15) is 26.9 Å². The van der Waals surface area contributed by atoms with E-state index in [4.69, 9.17) is 16.2 Å². The van der Waals surface area contributed by atoms with Crippen molar-refractivity contribution in [2.45, 2.75) is 9.79 Å². The van der Waals surface area contributed by atoms with Gasteiger partial charge in [-0.1, -0.05) is 30.4 Å². The number of rotatable bonds is 17. The van der Waals surface area contributed by atoms with Crippen LogP contribution in [0, 0.1) is 0 Å². The van der Waals surface area contributed by atoms with Crippen molar-refractivity contribution >= 4 is 135 Å². The molecule has 0 aliphatic heterocycles. The second-order valence-electron chi connectivity index (χ2n) is 16.2. The first-order valence-electron chi connectivity index (χ1n) is 21.8. The minimum atomic E-state index is -5.18. The van der Waals surface area contributed by atoms with Crippen molar-refractivity contribution in [2.75, 3.05) is 11.5 Å². The van der Waals surface area contributed by atoms with E-state index in [0.29, 0.717) is 10.9 Å². The van der Waals surface area contributed by atoms with Gasteiger partial charge < -0.3 is 41.7 Å². The third kappa shape index (κ3) is 11.8. The van der Waals surface area contributed by atoms with Crippen LogP contribution in [-0.2, 0) is 25.0 Å². The highest BCUT2D eigenvalue weighted by molar-refractivity contribution is 7.86. The van der Waals surface area contributed by atoms with E-state index in [2.05, 4.69) is 40.9 Å². The number of nitrogens with zero attached hydrogens (tertiary/aromatic N) is 8. The Morgan fingerprint density at radius 2 is 0.974 bits per heavy atom. The van der Waals surface area contributed by atoms with Crippen LogP contribution in [0.5, 0.6) is 17.2 Å². The smallest absolute Gasteiger partial charge is 0.335 e. The van der Waals surface area contributed by atoms with E-state index in [1.54, 1.807) is 12.1 Å². The van der Waals surface area contributed by atoms with Crippen LogP contribution in [-0.4, -0.2) is 75.9 Å². The van der Waals surface area contributed by atoms with Crippen molar-refractivity contribution in [3.05, 3.63) is 149 Å². The van der Waals surface area contributed by atoms with E-state index in [1.165, 1.54) is 78.9 Å². The fraction of sp³-hybridized carbons (Fsp3) is 0. The Labute approximate surface area is 437 Å². The van der Waals surface area contributed by atoms with Crippen molar-refractivity contribution in [1.29, 1.82) is 0 Å². The Morgan fingerprint density at radius 1 is 0.474 bits per heavy atom. The molecule has 392 valence electrons. The molecule has 0 saturated heterocycles. The highest BCUT2D eigenvalue weighted by atomic mass is 32.2. The van der Waals surface area contributed by atoms with Crippen molar-refractivity contribution in [3.63, 3.8) is 0 Å². The van der Waals surface area contributed by atoms with E-state index in [0.717, 1.165) is 42.5 Å². The fourth-order valence-electron chi connectivity index (χ4n) is 7.48. The molecular weight excluding hydrogens is 1060 g/mol. The van der Waals surface area contributed by atoms with Crippen LogP contribution in [0.1, 0.15) is 42.2 Å². The van der Waals surface area contributed by atoms with Gasteiger partial charge in [-0.05, 0) is 108 Å². The molecule has 0 saturated carbocycles. The number of fused-ring (bicyclic) bond motifs is 2. The number of ether oxygens (including phenoxy) is 1. The van der Waals surface area contributed by atoms with Crippen LogP contribution in [0.2, 0.25) is 0 Å².